The first-order chi connectivity index (χ1) is 10.5. The first kappa shape index (κ1) is 14.6. The molecule has 1 aromatic heterocycles. The summed E-state index contributed by atoms with van der Waals surface area (Å²) in [6, 6.07) is 7.70. The van der Waals surface area contributed by atoms with Crippen molar-refractivity contribution in [3.05, 3.63) is 56.2 Å². The Balaban J connectivity index is 2.01. The van der Waals surface area contributed by atoms with Crippen LogP contribution in [-0.4, -0.2) is 15.1 Å². The van der Waals surface area contributed by atoms with Gasteiger partial charge in [0.1, 0.15) is 5.75 Å². The molecular formula is C14H9Cl2N3O3. The van der Waals surface area contributed by atoms with Crippen LogP contribution in [0.5, 0.6) is 11.5 Å². The molecule has 8 heteroatoms. The Labute approximate surface area is 134 Å². The number of nitrogens with one attached hydrogen (secondary N) is 1. The van der Waals surface area contributed by atoms with Crippen LogP contribution in [-0.2, 0) is 0 Å². The Morgan fingerprint density at radius 3 is 2.55 bits per heavy atom. The number of aromatic amines is 1. The Morgan fingerprint density at radius 1 is 1.23 bits per heavy atom. The Morgan fingerprint density at radius 2 is 1.91 bits per heavy atom. The van der Waals surface area contributed by atoms with Crippen molar-refractivity contribution in [2.45, 2.75) is 6.92 Å². The third kappa shape index (κ3) is 2.58. The van der Waals surface area contributed by atoms with Crippen LogP contribution in [0, 0.1) is 17.0 Å². The normalized spacial score (nSPS) is 10.9. The second kappa shape index (κ2) is 5.47. The van der Waals surface area contributed by atoms with Crippen LogP contribution in [0.1, 0.15) is 5.69 Å². The second-order valence-electron chi connectivity index (χ2n) is 4.63. The zero-order valence-electron chi connectivity index (χ0n) is 11.3. The van der Waals surface area contributed by atoms with Gasteiger partial charge in [-0.25, -0.2) is 0 Å². The molecule has 2 aromatic carbocycles. The number of halogens is 2. The van der Waals surface area contributed by atoms with Crippen LogP contribution in [0.25, 0.3) is 10.9 Å². The fourth-order valence-corrected chi connectivity index (χ4v) is 2.60. The monoisotopic (exact) mass is 337 g/mol. The van der Waals surface area contributed by atoms with Gasteiger partial charge in [-0.1, -0.05) is 23.2 Å². The van der Waals surface area contributed by atoms with Crippen molar-refractivity contribution in [3.8, 4) is 11.5 Å². The topological polar surface area (TPSA) is 81.0 Å². The molecule has 0 spiro atoms. The van der Waals surface area contributed by atoms with Gasteiger partial charge in [0, 0.05) is 23.2 Å². The number of non-ortho nitro benzene ring substituents is 1. The average Bonchev–Trinajstić information content (AvgIpc) is 2.84. The molecule has 0 aliphatic rings. The number of ether oxygens (including phenoxy) is 1. The summed E-state index contributed by atoms with van der Waals surface area (Å²) in [5.41, 5.74) is 1.52. The van der Waals surface area contributed by atoms with E-state index in [9.17, 15) is 10.1 Å². The highest BCUT2D eigenvalue weighted by molar-refractivity contribution is 6.37. The predicted octanol–water partition coefficient (Wildman–Crippen LogP) is 4.88. The molecule has 0 saturated heterocycles. The highest BCUT2D eigenvalue weighted by atomic mass is 35.5. The lowest BCUT2D eigenvalue weighted by Crippen LogP contribution is -1.91. The van der Waals surface area contributed by atoms with E-state index in [2.05, 4.69) is 10.2 Å². The molecule has 0 amide bonds. The molecule has 6 nitrogen and oxygen atoms in total. The van der Waals surface area contributed by atoms with Gasteiger partial charge in [-0.2, -0.15) is 5.10 Å². The van der Waals surface area contributed by atoms with Crippen molar-refractivity contribution in [2.75, 3.05) is 0 Å². The molecule has 0 aliphatic heterocycles. The molecule has 0 fully saturated rings. The third-order valence-corrected chi connectivity index (χ3v) is 3.69. The molecule has 22 heavy (non-hydrogen) atoms. The van der Waals surface area contributed by atoms with Gasteiger partial charge in [0.15, 0.2) is 5.75 Å². The standard InChI is InChI=1S/C14H9Cl2N3O3/c1-7-10-6-9(2-3-13(10)18-17-7)22-14-11(15)4-8(19(20)21)5-12(14)16/h2-6H,1H3,(H,17,18). The number of aromatic nitrogens is 2. The largest absolute Gasteiger partial charge is 0.454 e. The van der Waals surface area contributed by atoms with E-state index in [-0.39, 0.29) is 21.5 Å². The fourth-order valence-electron chi connectivity index (χ4n) is 2.05. The Hall–Kier alpha value is -2.31. The summed E-state index contributed by atoms with van der Waals surface area (Å²) in [5.74, 6) is 0.684. The number of fused-ring (bicyclic) bond motifs is 1. The first-order valence-electron chi connectivity index (χ1n) is 6.21. The maximum absolute atomic E-state index is 10.8. The summed E-state index contributed by atoms with van der Waals surface area (Å²) in [7, 11) is 0. The molecule has 0 saturated carbocycles. The Kier molecular flexibility index (Phi) is 3.64. The van der Waals surface area contributed by atoms with Gasteiger partial charge >= 0.3 is 0 Å². The summed E-state index contributed by atoms with van der Waals surface area (Å²) < 4.78 is 5.68. The molecule has 0 radical (unpaired) electrons. The van der Waals surface area contributed by atoms with Crippen LogP contribution in [0.4, 0.5) is 5.69 Å². The molecule has 3 aromatic rings. The maximum Gasteiger partial charge on any atom is 0.272 e. The summed E-state index contributed by atoms with van der Waals surface area (Å²) >= 11 is 12.0. The molecule has 112 valence electrons. The van der Waals surface area contributed by atoms with Crippen molar-refractivity contribution in [2.24, 2.45) is 0 Å². The molecule has 0 aliphatic carbocycles. The lowest BCUT2D eigenvalue weighted by atomic mass is 10.2. The SMILES string of the molecule is Cc1[nH]nc2ccc(Oc3c(Cl)cc([N+](=O)[O-])cc3Cl)cc12. The van der Waals surface area contributed by atoms with Crippen LogP contribution < -0.4 is 4.74 Å². The number of benzene rings is 2. The molecule has 0 atom stereocenters. The number of nitrogens with zero attached hydrogens (tertiary/aromatic N) is 2. The summed E-state index contributed by atoms with van der Waals surface area (Å²) in [6.45, 7) is 1.89. The van der Waals surface area contributed by atoms with Gasteiger partial charge in [0.2, 0.25) is 0 Å². The number of hydrogen-bond donors (Lipinski definition) is 1. The highest BCUT2D eigenvalue weighted by Gasteiger charge is 2.16. The number of H-pyrrole nitrogens is 1. The van der Waals surface area contributed by atoms with Crippen LogP contribution in [0.2, 0.25) is 10.0 Å². The van der Waals surface area contributed by atoms with E-state index in [4.69, 9.17) is 27.9 Å². The summed E-state index contributed by atoms with van der Waals surface area (Å²) in [4.78, 5) is 10.2. The van der Waals surface area contributed by atoms with E-state index in [1.165, 1.54) is 12.1 Å². The van der Waals surface area contributed by atoms with E-state index >= 15 is 0 Å². The number of aryl methyl sites for hydroxylation is 1. The number of nitro groups is 1. The van der Waals surface area contributed by atoms with Crippen molar-refractivity contribution < 1.29 is 9.66 Å². The minimum atomic E-state index is -0.567. The molecule has 1 N–H and O–H groups in total. The van der Waals surface area contributed by atoms with Crippen molar-refractivity contribution in [1.29, 1.82) is 0 Å². The molecule has 3 rings (SSSR count). The zero-order chi connectivity index (χ0) is 15.9. The number of nitro benzene ring substituents is 1. The van der Waals surface area contributed by atoms with Gasteiger partial charge in [-0.3, -0.25) is 15.2 Å². The van der Waals surface area contributed by atoms with E-state index in [1.54, 1.807) is 18.2 Å². The van der Waals surface area contributed by atoms with Gasteiger partial charge in [0.05, 0.1) is 20.5 Å². The minimum Gasteiger partial charge on any atom is -0.454 e. The zero-order valence-corrected chi connectivity index (χ0v) is 12.8. The summed E-state index contributed by atoms with van der Waals surface area (Å²) in [6.07, 6.45) is 0. The molecule has 1 heterocycles. The third-order valence-electron chi connectivity index (χ3n) is 3.13. The quantitative estimate of drug-likeness (QED) is 0.545. The highest BCUT2D eigenvalue weighted by Crippen LogP contribution is 2.39. The van der Waals surface area contributed by atoms with Gasteiger partial charge in [0.25, 0.3) is 5.69 Å². The average molecular weight is 338 g/mol. The summed E-state index contributed by atoms with van der Waals surface area (Å²) in [5, 5.41) is 18.8. The fraction of sp³-hybridized carbons (Fsp3) is 0.0714. The molecule has 0 unspecified atom stereocenters. The predicted molar refractivity (Wildman–Crippen MR) is 84.0 cm³/mol. The minimum absolute atomic E-state index is 0.0724. The smallest absolute Gasteiger partial charge is 0.272 e. The first-order valence-corrected chi connectivity index (χ1v) is 6.97. The molecular weight excluding hydrogens is 329 g/mol. The van der Waals surface area contributed by atoms with Crippen molar-refractivity contribution in [1.82, 2.24) is 10.2 Å². The molecule has 0 bridgehead atoms. The van der Waals surface area contributed by atoms with Gasteiger partial charge in [-0.15, -0.1) is 0 Å². The number of rotatable bonds is 3. The van der Waals surface area contributed by atoms with Gasteiger partial charge < -0.3 is 4.74 Å². The lowest BCUT2D eigenvalue weighted by Gasteiger charge is -2.09. The van der Waals surface area contributed by atoms with Gasteiger partial charge in [-0.05, 0) is 25.1 Å². The van der Waals surface area contributed by atoms with E-state index in [0.29, 0.717) is 5.75 Å². The lowest BCUT2D eigenvalue weighted by molar-refractivity contribution is -0.384. The van der Waals surface area contributed by atoms with Crippen LogP contribution in [0.3, 0.4) is 0 Å². The van der Waals surface area contributed by atoms with Crippen molar-refractivity contribution >= 4 is 39.8 Å². The number of hydrogen-bond acceptors (Lipinski definition) is 4. The Bertz CT molecular complexity index is 869. The van der Waals surface area contributed by atoms with E-state index in [0.717, 1.165) is 16.6 Å². The van der Waals surface area contributed by atoms with Crippen LogP contribution >= 0.6 is 23.2 Å². The van der Waals surface area contributed by atoms with E-state index in [1.807, 2.05) is 6.92 Å². The second-order valence-corrected chi connectivity index (χ2v) is 5.44. The van der Waals surface area contributed by atoms with Crippen LogP contribution in [0.15, 0.2) is 30.3 Å². The maximum atomic E-state index is 10.8. The van der Waals surface area contributed by atoms with E-state index < -0.39 is 4.92 Å². The van der Waals surface area contributed by atoms with Crippen molar-refractivity contribution in [3.63, 3.8) is 0 Å².